The quantitative estimate of drug-likeness (QED) is 0.547. The van der Waals surface area contributed by atoms with Gasteiger partial charge in [-0.3, -0.25) is 0 Å². The third-order valence-electron chi connectivity index (χ3n) is 0.425. The van der Waals surface area contributed by atoms with E-state index >= 15 is 0 Å². The second-order valence-corrected chi connectivity index (χ2v) is 2.22. The van der Waals surface area contributed by atoms with E-state index in [-0.39, 0.29) is 11.4 Å². The summed E-state index contributed by atoms with van der Waals surface area (Å²) in [6.07, 6.45) is 0. The zero-order chi connectivity index (χ0) is 5.70. The van der Waals surface area contributed by atoms with Gasteiger partial charge < -0.3 is 4.74 Å². The van der Waals surface area contributed by atoms with Gasteiger partial charge in [-0.25, -0.2) is 0 Å². The lowest BCUT2D eigenvalue weighted by molar-refractivity contribution is 0.182. The number of rotatable bonds is 3. The molecule has 1 atom stereocenters. The maximum atomic E-state index is 5.47. The minimum Gasteiger partial charge on any atom is -0.364 e. The Balaban J connectivity index is 2.68. The maximum Gasteiger partial charge on any atom is 0.120 e. The highest BCUT2D eigenvalue weighted by Gasteiger charge is 1.91. The average Bonchev–Trinajstić information content (AvgIpc) is 1.61. The fourth-order valence-electron chi connectivity index (χ4n) is 0.207. The summed E-state index contributed by atoms with van der Waals surface area (Å²) in [7, 11) is 0. The van der Waals surface area contributed by atoms with E-state index in [1.807, 2.05) is 6.92 Å². The molecule has 0 saturated heterocycles. The van der Waals surface area contributed by atoms with Crippen LogP contribution in [-0.2, 0) is 4.74 Å². The van der Waals surface area contributed by atoms with Gasteiger partial charge in [0.05, 0.1) is 12.0 Å². The Morgan fingerprint density at radius 2 is 2.29 bits per heavy atom. The van der Waals surface area contributed by atoms with Crippen LogP contribution in [0.2, 0.25) is 0 Å². The van der Waals surface area contributed by atoms with E-state index in [1.54, 1.807) is 0 Å². The second kappa shape index (κ2) is 4.69. The molecule has 0 spiro atoms. The standard InChI is InChI=1S/C4H8Cl2O/c1-4(6)2-7-3-5/h4H,2-3H2,1H3. The van der Waals surface area contributed by atoms with Gasteiger partial charge in [-0.05, 0) is 6.92 Å². The monoisotopic (exact) mass is 142 g/mol. The normalized spacial score (nSPS) is 14.1. The molecule has 0 aromatic rings. The molecule has 0 N–H and O–H groups in total. The Labute approximate surface area is 53.6 Å². The first-order valence-electron chi connectivity index (χ1n) is 2.05. The Kier molecular flexibility index (Phi) is 5.05. The van der Waals surface area contributed by atoms with Gasteiger partial charge in [-0.2, -0.15) is 0 Å². The molecule has 0 fully saturated rings. The van der Waals surface area contributed by atoms with Gasteiger partial charge in [-0.15, -0.1) is 11.6 Å². The molecule has 0 radical (unpaired) electrons. The van der Waals surface area contributed by atoms with Crippen LogP contribution in [-0.4, -0.2) is 18.1 Å². The predicted molar refractivity (Wildman–Crippen MR) is 32.0 cm³/mol. The molecule has 1 nitrogen and oxygen atoms in total. The fourth-order valence-corrected chi connectivity index (χ4v) is 0.385. The lowest BCUT2D eigenvalue weighted by atomic mass is 10.5. The van der Waals surface area contributed by atoms with Gasteiger partial charge in [0.2, 0.25) is 0 Å². The first-order chi connectivity index (χ1) is 3.27. The molecule has 0 heterocycles. The summed E-state index contributed by atoms with van der Waals surface area (Å²) in [5.41, 5.74) is 0. The topological polar surface area (TPSA) is 9.23 Å². The van der Waals surface area contributed by atoms with Crippen LogP contribution < -0.4 is 0 Å². The molecule has 44 valence electrons. The summed E-state index contributed by atoms with van der Waals surface area (Å²) in [6, 6.07) is 0.233. The van der Waals surface area contributed by atoms with E-state index in [4.69, 9.17) is 27.9 Å². The van der Waals surface area contributed by atoms with Crippen molar-refractivity contribution < 1.29 is 4.74 Å². The molecule has 0 bridgehead atoms. The largest absolute Gasteiger partial charge is 0.364 e. The van der Waals surface area contributed by atoms with Crippen LogP contribution >= 0.6 is 23.2 Å². The van der Waals surface area contributed by atoms with Gasteiger partial charge in [-0.1, -0.05) is 11.6 Å². The summed E-state index contributed by atoms with van der Waals surface area (Å²) >= 11 is 10.6. The molecule has 0 aliphatic heterocycles. The highest BCUT2D eigenvalue weighted by Crippen LogP contribution is 1.93. The van der Waals surface area contributed by atoms with Crippen LogP contribution in [0.15, 0.2) is 0 Å². The van der Waals surface area contributed by atoms with E-state index in [2.05, 4.69) is 0 Å². The van der Waals surface area contributed by atoms with Crippen LogP contribution in [0.3, 0.4) is 0 Å². The molecule has 0 aromatic carbocycles. The Bertz CT molecular complexity index is 38.7. The van der Waals surface area contributed by atoms with Crippen LogP contribution in [0.5, 0.6) is 0 Å². The molecule has 0 aliphatic carbocycles. The van der Waals surface area contributed by atoms with Crippen molar-refractivity contribution in [1.82, 2.24) is 0 Å². The van der Waals surface area contributed by atoms with Gasteiger partial charge in [0, 0.05) is 0 Å². The van der Waals surface area contributed by atoms with Gasteiger partial charge in [0.15, 0.2) is 0 Å². The number of halogens is 2. The van der Waals surface area contributed by atoms with Crippen LogP contribution in [0.25, 0.3) is 0 Å². The van der Waals surface area contributed by atoms with E-state index in [9.17, 15) is 0 Å². The number of alkyl halides is 2. The number of hydrogen-bond donors (Lipinski definition) is 0. The molecule has 0 rings (SSSR count). The van der Waals surface area contributed by atoms with E-state index < -0.39 is 0 Å². The third kappa shape index (κ3) is 6.54. The van der Waals surface area contributed by atoms with Crippen molar-refractivity contribution in [3.05, 3.63) is 0 Å². The highest BCUT2D eigenvalue weighted by molar-refractivity contribution is 6.20. The van der Waals surface area contributed by atoms with Crippen LogP contribution in [0.1, 0.15) is 6.92 Å². The summed E-state index contributed by atoms with van der Waals surface area (Å²) in [4.78, 5) is 0. The molecule has 0 saturated carbocycles. The van der Waals surface area contributed by atoms with E-state index in [1.165, 1.54) is 0 Å². The molecule has 0 amide bonds. The van der Waals surface area contributed by atoms with Crippen molar-refractivity contribution in [1.29, 1.82) is 0 Å². The lowest BCUT2D eigenvalue weighted by Gasteiger charge is -1.98. The fraction of sp³-hybridized carbons (Fsp3) is 1.00. The summed E-state index contributed by atoms with van der Waals surface area (Å²) in [5, 5.41) is 0.0683. The minimum atomic E-state index is 0.0683. The van der Waals surface area contributed by atoms with Crippen molar-refractivity contribution in [3.63, 3.8) is 0 Å². The van der Waals surface area contributed by atoms with Crippen molar-refractivity contribution in [2.75, 3.05) is 12.7 Å². The van der Waals surface area contributed by atoms with E-state index in [0.29, 0.717) is 6.61 Å². The average molecular weight is 143 g/mol. The first-order valence-corrected chi connectivity index (χ1v) is 3.02. The third-order valence-corrected chi connectivity index (χ3v) is 0.705. The SMILES string of the molecule is CC(Cl)COCCl. The number of ether oxygens (including phenoxy) is 1. The molecular weight excluding hydrogens is 135 g/mol. The summed E-state index contributed by atoms with van der Waals surface area (Å²) in [5.74, 6) is 0. The van der Waals surface area contributed by atoms with Crippen molar-refractivity contribution >= 4 is 23.2 Å². The zero-order valence-electron chi connectivity index (χ0n) is 4.16. The van der Waals surface area contributed by atoms with Gasteiger partial charge >= 0.3 is 0 Å². The maximum absolute atomic E-state index is 5.47. The second-order valence-electron chi connectivity index (χ2n) is 1.26. The van der Waals surface area contributed by atoms with Crippen molar-refractivity contribution in [2.24, 2.45) is 0 Å². The summed E-state index contributed by atoms with van der Waals surface area (Å²) < 4.78 is 4.73. The lowest BCUT2D eigenvalue weighted by Crippen LogP contribution is -2.02. The molecule has 0 aromatic heterocycles. The molecular formula is C4H8Cl2O. The van der Waals surface area contributed by atoms with Gasteiger partial charge in [0.1, 0.15) is 6.07 Å². The van der Waals surface area contributed by atoms with E-state index in [0.717, 1.165) is 0 Å². The molecule has 3 heteroatoms. The van der Waals surface area contributed by atoms with Crippen LogP contribution in [0.4, 0.5) is 0 Å². The Morgan fingerprint density at radius 3 is 2.43 bits per heavy atom. The molecule has 0 aliphatic rings. The van der Waals surface area contributed by atoms with Crippen LogP contribution in [0, 0.1) is 0 Å². The smallest absolute Gasteiger partial charge is 0.120 e. The predicted octanol–water partition coefficient (Wildman–Crippen LogP) is 1.83. The summed E-state index contributed by atoms with van der Waals surface area (Å²) in [6.45, 7) is 2.39. The molecule has 1 unspecified atom stereocenters. The van der Waals surface area contributed by atoms with Crippen molar-refractivity contribution in [2.45, 2.75) is 12.3 Å². The van der Waals surface area contributed by atoms with Crippen molar-refractivity contribution in [3.8, 4) is 0 Å². The Morgan fingerprint density at radius 1 is 1.71 bits per heavy atom. The first kappa shape index (κ1) is 7.54. The zero-order valence-corrected chi connectivity index (χ0v) is 5.67. The Hall–Kier alpha value is 0.540. The minimum absolute atomic E-state index is 0.0683. The highest BCUT2D eigenvalue weighted by atomic mass is 35.5. The number of hydrogen-bond acceptors (Lipinski definition) is 1. The van der Waals surface area contributed by atoms with Gasteiger partial charge in [0.25, 0.3) is 0 Å². The molecule has 7 heavy (non-hydrogen) atoms.